The Hall–Kier alpha value is -4.02. The highest BCUT2D eigenvalue weighted by atomic mass is 16.1. The Morgan fingerprint density at radius 2 is 1.50 bits per heavy atom. The zero-order valence-corrected chi connectivity index (χ0v) is 17.5. The first kappa shape index (κ1) is 19.9. The molecule has 0 spiro atoms. The summed E-state index contributed by atoms with van der Waals surface area (Å²) in [6, 6.07) is 32.3. The lowest BCUT2D eigenvalue weighted by atomic mass is 9.95. The van der Waals surface area contributed by atoms with Crippen molar-refractivity contribution in [1.29, 1.82) is 0 Å². The van der Waals surface area contributed by atoms with E-state index < -0.39 is 0 Å². The Kier molecular flexibility index (Phi) is 5.36. The molecule has 5 rings (SSSR count). The zero-order valence-electron chi connectivity index (χ0n) is 17.5. The summed E-state index contributed by atoms with van der Waals surface area (Å²) >= 11 is 0. The Labute approximate surface area is 186 Å². The molecule has 0 fully saturated rings. The van der Waals surface area contributed by atoms with Gasteiger partial charge < -0.3 is 10.7 Å². The number of H-pyrrole nitrogens is 1. The molecule has 0 bridgehead atoms. The van der Waals surface area contributed by atoms with Gasteiger partial charge >= 0.3 is 0 Å². The van der Waals surface area contributed by atoms with Gasteiger partial charge in [-0.1, -0.05) is 84.9 Å². The van der Waals surface area contributed by atoms with E-state index in [1.165, 1.54) is 5.56 Å². The zero-order chi connectivity index (χ0) is 21.9. The molecule has 0 radical (unpaired) electrons. The van der Waals surface area contributed by atoms with E-state index in [-0.39, 0.29) is 11.6 Å². The highest BCUT2D eigenvalue weighted by Gasteiger charge is 2.14. The van der Waals surface area contributed by atoms with Crippen LogP contribution < -0.4 is 11.3 Å². The molecule has 4 heteroatoms. The van der Waals surface area contributed by atoms with Crippen LogP contribution in [0.15, 0.2) is 108 Å². The highest BCUT2D eigenvalue weighted by Crippen LogP contribution is 2.33. The van der Waals surface area contributed by atoms with Gasteiger partial charge in [0.2, 0.25) is 0 Å². The summed E-state index contributed by atoms with van der Waals surface area (Å²) in [5.41, 5.74) is 13.1. The van der Waals surface area contributed by atoms with Crippen molar-refractivity contribution < 1.29 is 0 Å². The first-order chi connectivity index (χ1) is 15.7. The van der Waals surface area contributed by atoms with Gasteiger partial charge in [0.05, 0.1) is 16.6 Å². The molecule has 3 aromatic carbocycles. The molecule has 0 amide bonds. The molecule has 0 aliphatic carbocycles. The van der Waals surface area contributed by atoms with E-state index in [1.54, 1.807) is 6.20 Å². The van der Waals surface area contributed by atoms with E-state index in [0.717, 1.165) is 34.4 Å². The number of benzene rings is 3. The van der Waals surface area contributed by atoms with Crippen LogP contribution in [0, 0.1) is 0 Å². The fraction of sp³-hybridized carbons (Fsp3) is 0.0714. The SMILES string of the molecule is NC(Cc1ccccc1)c1ccc(-c2nc3cc[nH]c(=O)c3cc2-c2ccccc2)cc1. The lowest BCUT2D eigenvalue weighted by Crippen LogP contribution is -2.13. The van der Waals surface area contributed by atoms with E-state index in [0.29, 0.717) is 10.9 Å². The minimum atomic E-state index is -0.138. The van der Waals surface area contributed by atoms with Gasteiger partial charge in [0.15, 0.2) is 0 Å². The number of fused-ring (bicyclic) bond motifs is 1. The summed E-state index contributed by atoms with van der Waals surface area (Å²) in [6.07, 6.45) is 2.42. The summed E-state index contributed by atoms with van der Waals surface area (Å²) in [7, 11) is 0. The van der Waals surface area contributed by atoms with Crippen molar-refractivity contribution in [2.45, 2.75) is 12.5 Å². The molecule has 0 saturated carbocycles. The van der Waals surface area contributed by atoms with Crippen LogP contribution in [0.2, 0.25) is 0 Å². The van der Waals surface area contributed by atoms with Gasteiger partial charge in [-0.05, 0) is 35.2 Å². The van der Waals surface area contributed by atoms with Crippen LogP contribution in [0.5, 0.6) is 0 Å². The Morgan fingerprint density at radius 1 is 0.812 bits per heavy atom. The third kappa shape index (κ3) is 3.96. The van der Waals surface area contributed by atoms with Crippen molar-refractivity contribution in [2.24, 2.45) is 5.73 Å². The number of hydrogen-bond acceptors (Lipinski definition) is 3. The molecule has 1 atom stereocenters. The molecule has 156 valence electrons. The van der Waals surface area contributed by atoms with Crippen LogP contribution in [-0.2, 0) is 6.42 Å². The molecule has 5 aromatic rings. The number of nitrogens with two attached hydrogens (primary N) is 1. The largest absolute Gasteiger partial charge is 0.328 e. The fourth-order valence-corrected chi connectivity index (χ4v) is 4.04. The van der Waals surface area contributed by atoms with Crippen molar-refractivity contribution in [1.82, 2.24) is 9.97 Å². The van der Waals surface area contributed by atoms with Gasteiger partial charge in [-0.2, -0.15) is 0 Å². The van der Waals surface area contributed by atoms with Crippen LogP contribution >= 0.6 is 0 Å². The van der Waals surface area contributed by atoms with Crippen molar-refractivity contribution in [3.05, 3.63) is 125 Å². The molecule has 0 aliphatic heterocycles. The Morgan fingerprint density at radius 3 is 2.22 bits per heavy atom. The monoisotopic (exact) mass is 417 g/mol. The van der Waals surface area contributed by atoms with Crippen LogP contribution in [-0.4, -0.2) is 9.97 Å². The number of rotatable bonds is 5. The van der Waals surface area contributed by atoms with Crippen LogP contribution in [0.3, 0.4) is 0 Å². The number of hydrogen-bond donors (Lipinski definition) is 2. The first-order valence-corrected chi connectivity index (χ1v) is 10.7. The summed E-state index contributed by atoms with van der Waals surface area (Å²) in [6.45, 7) is 0. The first-order valence-electron chi connectivity index (χ1n) is 10.7. The van der Waals surface area contributed by atoms with E-state index in [4.69, 9.17) is 10.7 Å². The lowest BCUT2D eigenvalue weighted by Gasteiger charge is -2.14. The van der Waals surface area contributed by atoms with E-state index in [9.17, 15) is 4.79 Å². The van der Waals surface area contributed by atoms with Gasteiger partial charge in [-0.25, -0.2) is 4.98 Å². The summed E-state index contributed by atoms with van der Waals surface area (Å²) in [5, 5.41) is 0.580. The normalized spacial score (nSPS) is 12.0. The third-order valence-electron chi connectivity index (χ3n) is 5.75. The number of nitrogens with zero attached hydrogens (tertiary/aromatic N) is 1. The maximum atomic E-state index is 12.4. The Balaban J connectivity index is 1.56. The molecule has 2 heterocycles. The summed E-state index contributed by atoms with van der Waals surface area (Å²) < 4.78 is 0. The van der Waals surface area contributed by atoms with E-state index >= 15 is 0 Å². The lowest BCUT2D eigenvalue weighted by molar-refractivity contribution is 0.722. The number of nitrogens with one attached hydrogen (secondary N) is 1. The minimum Gasteiger partial charge on any atom is -0.328 e. The second kappa shape index (κ2) is 8.61. The predicted octanol–water partition coefficient (Wildman–Crippen LogP) is 5.50. The number of pyridine rings is 2. The molecule has 3 N–H and O–H groups in total. The quantitative estimate of drug-likeness (QED) is 0.397. The van der Waals surface area contributed by atoms with Crippen LogP contribution in [0.4, 0.5) is 0 Å². The van der Waals surface area contributed by atoms with E-state index in [2.05, 4.69) is 41.4 Å². The van der Waals surface area contributed by atoms with Gasteiger partial charge in [-0.3, -0.25) is 4.79 Å². The average molecular weight is 418 g/mol. The molecule has 0 aliphatic rings. The molecule has 32 heavy (non-hydrogen) atoms. The molecular formula is C28H23N3O. The predicted molar refractivity (Wildman–Crippen MR) is 130 cm³/mol. The molecule has 1 unspecified atom stereocenters. The van der Waals surface area contributed by atoms with Crippen molar-refractivity contribution in [3.63, 3.8) is 0 Å². The van der Waals surface area contributed by atoms with E-state index in [1.807, 2.05) is 60.7 Å². The topological polar surface area (TPSA) is 71.8 Å². The average Bonchev–Trinajstić information content (AvgIpc) is 2.85. The summed E-state index contributed by atoms with van der Waals surface area (Å²) in [5.74, 6) is 0. The number of aromatic amines is 1. The molecule has 4 nitrogen and oxygen atoms in total. The van der Waals surface area contributed by atoms with Gasteiger partial charge in [-0.15, -0.1) is 0 Å². The second-order valence-corrected chi connectivity index (χ2v) is 7.91. The molecule has 0 saturated heterocycles. The number of aromatic nitrogens is 2. The molecular weight excluding hydrogens is 394 g/mol. The maximum Gasteiger partial charge on any atom is 0.257 e. The standard InChI is InChI=1S/C28H23N3O/c29-25(17-19-7-3-1-4-8-19)21-11-13-22(14-12-21)27-23(20-9-5-2-6-10-20)18-24-26(31-27)15-16-30-28(24)32/h1-16,18,25H,17,29H2,(H,30,32). The van der Waals surface area contributed by atoms with Crippen molar-refractivity contribution in [3.8, 4) is 22.4 Å². The fourth-order valence-electron chi connectivity index (χ4n) is 4.04. The van der Waals surface area contributed by atoms with Crippen molar-refractivity contribution in [2.75, 3.05) is 0 Å². The van der Waals surface area contributed by atoms with Gasteiger partial charge in [0, 0.05) is 23.4 Å². The van der Waals surface area contributed by atoms with Crippen molar-refractivity contribution >= 4 is 10.9 Å². The van der Waals surface area contributed by atoms with Gasteiger partial charge in [0.1, 0.15) is 0 Å². The second-order valence-electron chi connectivity index (χ2n) is 7.91. The molecule has 2 aromatic heterocycles. The van der Waals surface area contributed by atoms with Gasteiger partial charge in [0.25, 0.3) is 5.56 Å². The highest BCUT2D eigenvalue weighted by molar-refractivity contribution is 5.91. The smallest absolute Gasteiger partial charge is 0.257 e. The van der Waals surface area contributed by atoms with Crippen LogP contribution in [0.25, 0.3) is 33.3 Å². The summed E-state index contributed by atoms with van der Waals surface area (Å²) in [4.78, 5) is 20.0. The minimum absolute atomic E-state index is 0.0804. The Bertz CT molecular complexity index is 1410. The third-order valence-corrected chi connectivity index (χ3v) is 5.75. The van der Waals surface area contributed by atoms with Crippen LogP contribution in [0.1, 0.15) is 17.2 Å². The maximum absolute atomic E-state index is 12.4.